The van der Waals surface area contributed by atoms with E-state index < -0.39 is 5.82 Å². The highest BCUT2D eigenvalue weighted by Crippen LogP contribution is 2.26. The molecule has 4 nitrogen and oxygen atoms in total. The van der Waals surface area contributed by atoms with Crippen molar-refractivity contribution < 1.29 is 4.39 Å². The molecule has 0 fully saturated rings. The summed E-state index contributed by atoms with van der Waals surface area (Å²) in [5.74, 6) is -0.147. The molecule has 0 aromatic carbocycles. The molecule has 2 heterocycles. The summed E-state index contributed by atoms with van der Waals surface area (Å²) in [6, 6.07) is 1.19. The van der Waals surface area contributed by atoms with Gasteiger partial charge in [0.1, 0.15) is 11.5 Å². The molecule has 0 aliphatic heterocycles. The van der Waals surface area contributed by atoms with Crippen molar-refractivity contribution in [3.8, 4) is 11.3 Å². The summed E-state index contributed by atoms with van der Waals surface area (Å²) in [6.07, 6.45) is 2.83. The first-order valence-corrected chi connectivity index (χ1v) is 4.56. The lowest BCUT2D eigenvalue weighted by molar-refractivity contribution is 0.626. The Hall–Kier alpha value is -1.62. The molecule has 0 unspecified atom stereocenters. The van der Waals surface area contributed by atoms with Crippen molar-refractivity contribution >= 4 is 17.4 Å². The Labute approximate surface area is 90.5 Å². The zero-order chi connectivity index (χ0) is 11.0. The van der Waals surface area contributed by atoms with Gasteiger partial charge >= 0.3 is 0 Å². The van der Waals surface area contributed by atoms with Gasteiger partial charge < -0.3 is 5.73 Å². The molecule has 78 valence electrons. The lowest BCUT2D eigenvalue weighted by Gasteiger charge is -2.01. The first kappa shape index (κ1) is 9.92. The maximum Gasteiger partial charge on any atom is 0.151 e. The maximum atomic E-state index is 13.5. The molecular weight excluding hydrogens is 219 g/mol. The van der Waals surface area contributed by atoms with E-state index in [4.69, 9.17) is 17.3 Å². The van der Waals surface area contributed by atoms with Crippen molar-refractivity contribution in [2.24, 2.45) is 7.05 Å². The third-order valence-electron chi connectivity index (χ3n) is 2.05. The van der Waals surface area contributed by atoms with E-state index in [0.717, 1.165) is 0 Å². The van der Waals surface area contributed by atoms with Crippen LogP contribution in [0.2, 0.25) is 5.02 Å². The second-order valence-electron chi connectivity index (χ2n) is 3.05. The highest BCUT2D eigenvalue weighted by molar-refractivity contribution is 6.30. The second-order valence-corrected chi connectivity index (χ2v) is 3.49. The van der Waals surface area contributed by atoms with Crippen LogP contribution in [0.4, 0.5) is 10.2 Å². The summed E-state index contributed by atoms with van der Waals surface area (Å²) in [5, 5.41) is 4.16. The van der Waals surface area contributed by atoms with Gasteiger partial charge in [-0.25, -0.2) is 4.39 Å². The molecule has 0 saturated heterocycles. The zero-order valence-electron chi connectivity index (χ0n) is 7.91. The van der Waals surface area contributed by atoms with Gasteiger partial charge in [0.15, 0.2) is 5.82 Å². The Morgan fingerprint density at radius 3 is 2.73 bits per heavy atom. The third-order valence-corrected chi connectivity index (χ3v) is 2.25. The van der Waals surface area contributed by atoms with Gasteiger partial charge in [-0.15, -0.1) is 0 Å². The summed E-state index contributed by atoms with van der Waals surface area (Å²) in [7, 11) is 1.67. The van der Waals surface area contributed by atoms with E-state index in [1.165, 1.54) is 23.1 Å². The van der Waals surface area contributed by atoms with Crippen LogP contribution >= 0.6 is 11.6 Å². The van der Waals surface area contributed by atoms with Crippen molar-refractivity contribution in [3.63, 3.8) is 0 Å². The lowest BCUT2D eigenvalue weighted by Crippen LogP contribution is -1.99. The summed E-state index contributed by atoms with van der Waals surface area (Å²) < 4.78 is 14.9. The SMILES string of the molecule is Cn1ncc(-c2ncc(Cl)cc2F)c1N. The van der Waals surface area contributed by atoms with Crippen LogP contribution in [0, 0.1) is 5.82 Å². The summed E-state index contributed by atoms with van der Waals surface area (Å²) in [4.78, 5) is 3.88. The van der Waals surface area contributed by atoms with Crippen molar-refractivity contribution in [1.82, 2.24) is 14.8 Å². The molecule has 2 rings (SSSR count). The highest BCUT2D eigenvalue weighted by atomic mass is 35.5. The molecule has 0 atom stereocenters. The Bertz CT molecular complexity index is 509. The van der Waals surface area contributed by atoms with Crippen LogP contribution in [-0.4, -0.2) is 14.8 Å². The number of hydrogen-bond donors (Lipinski definition) is 1. The van der Waals surface area contributed by atoms with E-state index in [2.05, 4.69) is 10.1 Å². The number of pyridine rings is 1. The number of nitrogen functional groups attached to an aromatic ring is 1. The number of aryl methyl sites for hydroxylation is 1. The molecule has 0 amide bonds. The number of aromatic nitrogens is 3. The molecule has 0 aliphatic rings. The van der Waals surface area contributed by atoms with Crippen LogP contribution in [-0.2, 0) is 7.05 Å². The van der Waals surface area contributed by atoms with Gasteiger partial charge in [-0.05, 0) is 6.07 Å². The minimum absolute atomic E-state index is 0.157. The smallest absolute Gasteiger partial charge is 0.151 e. The summed E-state index contributed by atoms with van der Waals surface area (Å²) in [5.41, 5.74) is 6.32. The molecule has 15 heavy (non-hydrogen) atoms. The number of rotatable bonds is 1. The fraction of sp³-hybridized carbons (Fsp3) is 0.111. The Balaban J connectivity index is 2.59. The predicted molar refractivity (Wildman–Crippen MR) is 55.8 cm³/mol. The molecule has 2 aromatic rings. The van der Waals surface area contributed by atoms with Crippen LogP contribution in [0.15, 0.2) is 18.5 Å². The minimum Gasteiger partial charge on any atom is -0.383 e. The number of nitrogens with zero attached hydrogens (tertiary/aromatic N) is 3. The molecule has 2 N–H and O–H groups in total. The van der Waals surface area contributed by atoms with Crippen molar-refractivity contribution in [1.29, 1.82) is 0 Å². The van der Waals surface area contributed by atoms with Crippen molar-refractivity contribution in [2.75, 3.05) is 5.73 Å². The summed E-state index contributed by atoms with van der Waals surface area (Å²) in [6.45, 7) is 0. The van der Waals surface area contributed by atoms with Gasteiger partial charge in [0.2, 0.25) is 0 Å². The molecule has 2 aromatic heterocycles. The van der Waals surface area contributed by atoms with Gasteiger partial charge in [0, 0.05) is 13.2 Å². The topological polar surface area (TPSA) is 56.7 Å². The number of halogens is 2. The fourth-order valence-electron chi connectivity index (χ4n) is 1.24. The first-order chi connectivity index (χ1) is 7.09. The second kappa shape index (κ2) is 3.51. The monoisotopic (exact) mass is 226 g/mol. The summed E-state index contributed by atoms with van der Waals surface area (Å²) >= 11 is 5.59. The Kier molecular flexibility index (Phi) is 2.32. The number of anilines is 1. The van der Waals surface area contributed by atoms with E-state index in [0.29, 0.717) is 11.4 Å². The average Bonchev–Trinajstić information content (AvgIpc) is 2.49. The minimum atomic E-state index is -0.512. The molecule has 0 bridgehead atoms. The van der Waals surface area contributed by atoms with Crippen LogP contribution < -0.4 is 5.73 Å². The van der Waals surface area contributed by atoms with E-state index in [-0.39, 0.29) is 10.7 Å². The first-order valence-electron chi connectivity index (χ1n) is 4.18. The third kappa shape index (κ3) is 1.66. The van der Waals surface area contributed by atoms with E-state index >= 15 is 0 Å². The molecule has 6 heteroatoms. The van der Waals surface area contributed by atoms with Crippen molar-refractivity contribution in [3.05, 3.63) is 29.3 Å². The molecule has 0 spiro atoms. The molecular formula is C9H8ClFN4. The number of hydrogen-bond acceptors (Lipinski definition) is 3. The van der Waals surface area contributed by atoms with E-state index in [1.54, 1.807) is 7.05 Å². The largest absolute Gasteiger partial charge is 0.383 e. The van der Waals surface area contributed by atoms with Gasteiger partial charge in [0.05, 0.1) is 16.8 Å². The molecule has 0 aliphatic carbocycles. The van der Waals surface area contributed by atoms with Crippen LogP contribution in [0.25, 0.3) is 11.3 Å². The van der Waals surface area contributed by atoms with Gasteiger partial charge in [0.25, 0.3) is 0 Å². The predicted octanol–water partition coefficient (Wildman–Crippen LogP) is 1.86. The van der Waals surface area contributed by atoms with Gasteiger partial charge in [-0.1, -0.05) is 11.6 Å². The highest BCUT2D eigenvalue weighted by Gasteiger charge is 2.13. The maximum absolute atomic E-state index is 13.5. The van der Waals surface area contributed by atoms with E-state index in [1.807, 2.05) is 0 Å². The Morgan fingerprint density at radius 2 is 2.20 bits per heavy atom. The van der Waals surface area contributed by atoms with Crippen LogP contribution in [0.5, 0.6) is 0 Å². The number of nitrogens with two attached hydrogens (primary N) is 1. The molecule has 0 saturated carbocycles. The average molecular weight is 227 g/mol. The Morgan fingerprint density at radius 1 is 1.47 bits per heavy atom. The molecule has 0 radical (unpaired) electrons. The van der Waals surface area contributed by atoms with Crippen LogP contribution in [0.3, 0.4) is 0 Å². The lowest BCUT2D eigenvalue weighted by atomic mass is 10.2. The normalized spacial score (nSPS) is 10.6. The standard InChI is InChI=1S/C9H8ClFN4/c1-15-9(12)6(4-14-15)8-7(11)2-5(10)3-13-8/h2-4H,12H2,1H3. The quantitative estimate of drug-likeness (QED) is 0.808. The fourth-order valence-corrected chi connectivity index (χ4v) is 1.39. The van der Waals surface area contributed by atoms with Gasteiger partial charge in [-0.2, -0.15) is 5.10 Å². The van der Waals surface area contributed by atoms with Crippen molar-refractivity contribution in [2.45, 2.75) is 0 Å². The zero-order valence-corrected chi connectivity index (χ0v) is 8.66. The van der Waals surface area contributed by atoms with Crippen LogP contribution in [0.1, 0.15) is 0 Å². The van der Waals surface area contributed by atoms with Gasteiger partial charge in [-0.3, -0.25) is 9.67 Å². The van der Waals surface area contributed by atoms with E-state index in [9.17, 15) is 4.39 Å².